The Balaban J connectivity index is 1.35. The number of amides is 3. The summed E-state index contributed by atoms with van der Waals surface area (Å²) in [5.41, 5.74) is 1.95. The van der Waals surface area contributed by atoms with Gasteiger partial charge in [0, 0.05) is 35.8 Å². The second-order valence-corrected chi connectivity index (χ2v) is 12.1. The molecule has 1 N–H and O–H groups in total. The molecule has 2 fully saturated rings. The number of pyridine rings is 1. The van der Waals surface area contributed by atoms with Crippen molar-refractivity contribution in [1.29, 1.82) is 0 Å². The molecular formula is C30H32N4O4S. The molecule has 2 aliphatic heterocycles. The first-order valence-electron chi connectivity index (χ1n) is 13.1. The van der Waals surface area contributed by atoms with E-state index in [-0.39, 0.29) is 35.5 Å². The largest absolute Gasteiger partial charge is 0.340 e. The summed E-state index contributed by atoms with van der Waals surface area (Å²) in [4.78, 5) is 61.5. The van der Waals surface area contributed by atoms with Crippen LogP contribution in [0.1, 0.15) is 58.3 Å². The molecule has 4 heterocycles. The molecule has 0 saturated carbocycles. The van der Waals surface area contributed by atoms with Gasteiger partial charge in [0.15, 0.2) is 5.78 Å². The number of benzene rings is 1. The molecule has 0 bridgehead atoms. The summed E-state index contributed by atoms with van der Waals surface area (Å²) in [6, 6.07) is 12.7. The molecule has 2 aromatic heterocycles. The Labute approximate surface area is 232 Å². The first-order valence-corrected chi connectivity index (χ1v) is 14.0. The summed E-state index contributed by atoms with van der Waals surface area (Å²) in [5.74, 6) is -1.07. The van der Waals surface area contributed by atoms with Crippen molar-refractivity contribution in [3.05, 3.63) is 87.9 Å². The van der Waals surface area contributed by atoms with Gasteiger partial charge in [-0.15, -0.1) is 11.3 Å². The highest BCUT2D eigenvalue weighted by Crippen LogP contribution is 2.32. The van der Waals surface area contributed by atoms with Gasteiger partial charge in [-0.3, -0.25) is 24.2 Å². The molecule has 1 unspecified atom stereocenters. The first-order chi connectivity index (χ1) is 18.6. The molecule has 3 aromatic rings. The lowest BCUT2D eigenvalue weighted by Gasteiger charge is -2.28. The highest BCUT2D eigenvalue weighted by atomic mass is 32.1. The van der Waals surface area contributed by atoms with E-state index in [4.69, 9.17) is 0 Å². The summed E-state index contributed by atoms with van der Waals surface area (Å²) >= 11 is 1.51. The number of carbonyl (C=O) groups is 4. The van der Waals surface area contributed by atoms with E-state index in [0.717, 1.165) is 10.4 Å². The average Bonchev–Trinajstić information content (AvgIpc) is 3.67. The first kappa shape index (κ1) is 26.7. The van der Waals surface area contributed by atoms with E-state index < -0.39 is 18.1 Å². The molecule has 9 heteroatoms. The van der Waals surface area contributed by atoms with E-state index >= 15 is 0 Å². The van der Waals surface area contributed by atoms with Gasteiger partial charge in [0.2, 0.25) is 5.91 Å². The fourth-order valence-electron chi connectivity index (χ4n) is 5.39. The van der Waals surface area contributed by atoms with Crippen molar-refractivity contribution in [1.82, 2.24) is 20.1 Å². The molecule has 8 nitrogen and oxygen atoms in total. The molecule has 3 amide bonds. The van der Waals surface area contributed by atoms with Gasteiger partial charge in [-0.25, -0.2) is 0 Å². The molecule has 39 heavy (non-hydrogen) atoms. The molecule has 1 aromatic carbocycles. The lowest BCUT2D eigenvalue weighted by atomic mass is 9.86. The summed E-state index contributed by atoms with van der Waals surface area (Å²) < 4.78 is 0. The molecule has 0 radical (unpaired) electrons. The molecule has 5 rings (SSSR count). The molecule has 2 saturated heterocycles. The number of thiophene rings is 1. The quantitative estimate of drug-likeness (QED) is 0.512. The van der Waals surface area contributed by atoms with Crippen LogP contribution in [-0.4, -0.2) is 69.5 Å². The third-order valence-corrected chi connectivity index (χ3v) is 8.38. The van der Waals surface area contributed by atoms with E-state index in [1.54, 1.807) is 40.3 Å². The fraction of sp³-hybridized carbons (Fsp3) is 0.367. The van der Waals surface area contributed by atoms with Gasteiger partial charge < -0.3 is 15.1 Å². The minimum Gasteiger partial charge on any atom is -0.340 e. The molecule has 202 valence electrons. The van der Waals surface area contributed by atoms with Crippen molar-refractivity contribution in [2.24, 2.45) is 0 Å². The van der Waals surface area contributed by atoms with Crippen LogP contribution in [-0.2, 0) is 21.4 Å². The highest BCUT2D eigenvalue weighted by Gasteiger charge is 2.52. The van der Waals surface area contributed by atoms with E-state index in [9.17, 15) is 19.2 Å². The van der Waals surface area contributed by atoms with Crippen molar-refractivity contribution < 1.29 is 19.2 Å². The van der Waals surface area contributed by atoms with Crippen LogP contribution in [0, 0.1) is 0 Å². The Bertz CT molecular complexity index is 1370. The van der Waals surface area contributed by atoms with Crippen molar-refractivity contribution >= 4 is 34.8 Å². The lowest BCUT2D eigenvalue weighted by Crippen LogP contribution is -2.53. The van der Waals surface area contributed by atoms with Crippen LogP contribution in [0.5, 0.6) is 0 Å². The lowest BCUT2D eigenvalue weighted by molar-refractivity contribution is -0.138. The zero-order valence-corrected chi connectivity index (χ0v) is 23.1. The Morgan fingerprint density at radius 2 is 1.82 bits per heavy atom. The predicted octanol–water partition coefficient (Wildman–Crippen LogP) is 3.48. The number of ketones is 1. The standard InChI is InChI=1S/C30H32N4O4S/c1-30(2,3)21-10-8-19(9-11-21)27(36)32-23(16-22-7-5-15-39-22)29(38)33-14-12-24-26(33)25(35)18-34(24)28(37)20-6-4-13-31-17-20/h4-11,13,15,17,23-24,26H,12,14,16,18H2,1-3H3,(H,32,36)/t23?,24-,26+/m1/s1. The predicted molar refractivity (Wildman–Crippen MR) is 149 cm³/mol. The zero-order chi connectivity index (χ0) is 27.7. The zero-order valence-electron chi connectivity index (χ0n) is 22.3. The van der Waals surface area contributed by atoms with E-state index in [1.165, 1.54) is 17.5 Å². The van der Waals surface area contributed by atoms with Crippen LogP contribution >= 0.6 is 11.3 Å². The number of Topliss-reactive ketones (excluding diaryl/α,β-unsaturated/α-hetero) is 1. The van der Waals surface area contributed by atoms with Gasteiger partial charge >= 0.3 is 0 Å². The summed E-state index contributed by atoms with van der Waals surface area (Å²) in [7, 11) is 0. The normalized spacial score (nSPS) is 19.6. The van der Waals surface area contributed by atoms with Crippen molar-refractivity contribution in [3.63, 3.8) is 0 Å². The third-order valence-electron chi connectivity index (χ3n) is 7.48. The van der Waals surface area contributed by atoms with Crippen LogP contribution < -0.4 is 5.32 Å². The van der Waals surface area contributed by atoms with Gasteiger partial charge in [0.25, 0.3) is 11.8 Å². The second-order valence-electron chi connectivity index (χ2n) is 11.1. The molecule has 0 spiro atoms. The van der Waals surface area contributed by atoms with Crippen LogP contribution in [0.25, 0.3) is 0 Å². The van der Waals surface area contributed by atoms with Gasteiger partial charge in [0.05, 0.1) is 18.2 Å². The number of fused-ring (bicyclic) bond motifs is 1. The fourth-order valence-corrected chi connectivity index (χ4v) is 6.14. The van der Waals surface area contributed by atoms with Crippen LogP contribution in [0.4, 0.5) is 0 Å². The molecular weight excluding hydrogens is 512 g/mol. The summed E-state index contributed by atoms with van der Waals surface area (Å²) in [6.45, 7) is 6.62. The number of likely N-dealkylation sites (tertiary alicyclic amines) is 2. The number of carbonyl (C=O) groups excluding carboxylic acids is 4. The highest BCUT2D eigenvalue weighted by molar-refractivity contribution is 7.09. The minimum absolute atomic E-state index is 0.0426. The minimum atomic E-state index is -0.840. The monoisotopic (exact) mass is 544 g/mol. The maximum atomic E-state index is 13.9. The van der Waals surface area contributed by atoms with Crippen LogP contribution in [0.2, 0.25) is 0 Å². The van der Waals surface area contributed by atoms with E-state index in [0.29, 0.717) is 30.5 Å². The van der Waals surface area contributed by atoms with E-state index in [1.807, 2.05) is 29.6 Å². The van der Waals surface area contributed by atoms with Gasteiger partial charge in [-0.2, -0.15) is 0 Å². The Morgan fingerprint density at radius 1 is 1.05 bits per heavy atom. The molecule has 3 atom stereocenters. The Hall–Kier alpha value is -3.85. The van der Waals surface area contributed by atoms with Crippen LogP contribution in [0.15, 0.2) is 66.3 Å². The number of nitrogens with one attached hydrogen (secondary N) is 1. The summed E-state index contributed by atoms with van der Waals surface area (Å²) in [6.07, 6.45) is 3.90. The SMILES string of the molecule is CC(C)(C)c1ccc(C(=O)NC(Cc2cccs2)C(=O)N2CC[C@@H]3[C@H]2C(=O)CN3C(=O)c2cccnc2)cc1. The Morgan fingerprint density at radius 3 is 2.46 bits per heavy atom. The van der Waals surface area contributed by atoms with Crippen LogP contribution in [0.3, 0.4) is 0 Å². The number of aromatic nitrogens is 1. The topological polar surface area (TPSA) is 99.7 Å². The number of hydrogen-bond acceptors (Lipinski definition) is 6. The number of rotatable bonds is 6. The van der Waals surface area contributed by atoms with Gasteiger partial charge in [-0.1, -0.05) is 39.0 Å². The van der Waals surface area contributed by atoms with E-state index in [2.05, 4.69) is 31.1 Å². The second kappa shape index (κ2) is 10.7. The van der Waals surface area contributed by atoms with Crippen molar-refractivity contribution in [3.8, 4) is 0 Å². The molecule has 2 aliphatic rings. The maximum Gasteiger partial charge on any atom is 0.256 e. The smallest absolute Gasteiger partial charge is 0.256 e. The maximum absolute atomic E-state index is 13.9. The Kier molecular flexibility index (Phi) is 7.36. The van der Waals surface area contributed by atoms with Crippen molar-refractivity contribution in [2.45, 2.75) is 57.2 Å². The van der Waals surface area contributed by atoms with Gasteiger partial charge in [-0.05, 0) is 53.1 Å². The molecule has 0 aliphatic carbocycles. The number of hydrogen-bond donors (Lipinski definition) is 1. The van der Waals surface area contributed by atoms with Gasteiger partial charge in [0.1, 0.15) is 12.1 Å². The number of nitrogens with zero attached hydrogens (tertiary/aromatic N) is 3. The van der Waals surface area contributed by atoms with Crippen molar-refractivity contribution in [2.75, 3.05) is 13.1 Å². The average molecular weight is 545 g/mol. The third kappa shape index (κ3) is 5.49. The summed E-state index contributed by atoms with van der Waals surface area (Å²) in [5, 5.41) is 4.87.